The van der Waals surface area contributed by atoms with Crippen LogP contribution in [0.2, 0.25) is 0 Å². The Balaban J connectivity index is 2.48. The number of hydrogen-bond donors (Lipinski definition) is 0. The maximum atomic E-state index is 4.46. The maximum absolute atomic E-state index is 4.46. The van der Waals surface area contributed by atoms with Gasteiger partial charge >= 0.3 is 6.39 Å². The minimum absolute atomic E-state index is 0.598. The fourth-order valence-corrected chi connectivity index (χ4v) is 1.29. The van der Waals surface area contributed by atoms with E-state index in [-0.39, 0.29) is 0 Å². The quantitative estimate of drug-likeness (QED) is 0.621. The van der Waals surface area contributed by atoms with Crippen molar-refractivity contribution in [3.05, 3.63) is 23.2 Å². The highest BCUT2D eigenvalue weighted by atomic mass is 32.1. The molecule has 4 heteroatoms. The lowest BCUT2D eigenvalue weighted by Crippen LogP contribution is -1.73. The lowest BCUT2D eigenvalue weighted by molar-refractivity contribution is 0.411. The molecule has 0 unspecified atom stereocenters. The summed E-state index contributed by atoms with van der Waals surface area (Å²) in [4.78, 5) is 3.76. The van der Waals surface area contributed by atoms with E-state index in [0.29, 0.717) is 5.82 Å². The zero-order chi connectivity index (χ0) is 6.81. The average molecular weight is 151 g/mol. The van der Waals surface area contributed by atoms with E-state index in [1.165, 1.54) is 0 Å². The van der Waals surface area contributed by atoms with Crippen LogP contribution in [-0.2, 0) is 0 Å². The van der Waals surface area contributed by atoms with E-state index in [9.17, 15) is 0 Å². The van der Waals surface area contributed by atoms with Crippen molar-refractivity contribution in [3.8, 4) is 11.4 Å². The third kappa shape index (κ3) is 0.823. The molecule has 2 rings (SSSR count). The molecule has 0 amide bonds. The Labute approximate surface area is 61.3 Å². The van der Waals surface area contributed by atoms with Crippen LogP contribution in [0.3, 0.4) is 0 Å². The largest absolute Gasteiger partial charge is 0.328 e. The smallest absolute Gasteiger partial charge is 0.316 e. The summed E-state index contributed by atoms with van der Waals surface area (Å²) in [6.45, 7) is 0. The Bertz CT molecular complexity index is 255. The highest BCUT2D eigenvalue weighted by Gasteiger charge is 2.01. The summed E-state index contributed by atoms with van der Waals surface area (Å²) in [5.41, 5.74) is 0.981. The van der Waals surface area contributed by atoms with E-state index < -0.39 is 0 Å². The van der Waals surface area contributed by atoms with E-state index >= 15 is 0 Å². The first kappa shape index (κ1) is 5.61. The van der Waals surface area contributed by atoms with Gasteiger partial charge in [-0.25, -0.2) is 0 Å². The Kier molecular flexibility index (Phi) is 1.25. The SMILES string of the molecule is [c]1nc(-c2ccsc2)no1. The zero-order valence-electron chi connectivity index (χ0n) is 4.94. The molecule has 0 aliphatic heterocycles. The predicted molar refractivity (Wildman–Crippen MR) is 36.4 cm³/mol. The molecule has 0 saturated carbocycles. The predicted octanol–water partition coefficient (Wildman–Crippen LogP) is 1.60. The van der Waals surface area contributed by atoms with Crippen molar-refractivity contribution in [2.24, 2.45) is 0 Å². The molecule has 2 aromatic heterocycles. The van der Waals surface area contributed by atoms with Crippen LogP contribution in [-0.4, -0.2) is 10.1 Å². The molecule has 0 N–H and O–H groups in total. The summed E-state index contributed by atoms with van der Waals surface area (Å²) in [5.74, 6) is 0.598. The normalized spacial score (nSPS) is 10.0. The summed E-state index contributed by atoms with van der Waals surface area (Å²) >= 11 is 1.60. The Morgan fingerprint density at radius 2 is 2.60 bits per heavy atom. The Hall–Kier alpha value is -1.16. The summed E-state index contributed by atoms with van der Waals surface area (Å²) in [5, 5.41) is 7.54. The van der Waals surface area contributed by atoms with E-state index in [0.717, 1.165) is 5.56 Å². The fourth-order valence-electron chi connectivity index (χ4n) is 0.657. The molecule has 0 spiro atoms. The van der Waals surface area contributed by atoms with Crippen LogP contribution < -0.4 is 0 Å². The van der Waals surface area contributed by atoms with Crippen LogP contribution in [0, 0.1) is 6.39 Å². The molecule has 0 aromatic carbocycles. The van der Waals surface area contributed by atoms with Crippen molar-refractivity contribution in [1.82, 2.24) is 10.1 Å². The van der Waals surface area contributed by atoms with Crippen LogP contribution in [0.4, 0.5) is 0 Å². The van der Waals surface area contributed by atoms with Gasteiger partial charge in [-0.15, -0.1) is 0 Å². The molecule has 0 saturated heterocycles. The van der Waals surface area contributed by atoms with Crippen LogP contribution in [0.5, 0.6) is 0 Å². The maximum Gasteiger partial charge on any atom is 0.316 e. The monoisotopic (exact) mass is 151 g/mol. The minimum Gasteiger partial charge on any atom is -0.328 e. The Morgan fingerprint density at radius 1 is 1.60 bits per heavy atom. The van der Waals surface area contributed by atoms with Crippen molar-refractivity contribution >= 4 is 11.3 Å². The van der Waals surface area contributed by atoms with Gasteiger partial charge in [0.05, 0.1) is 0 Å². The first-order chi connectivity index (χ1) is 4.97. The third-order valence-electron chi connectivity index (χ3n) is 1.10. The van der Waals surface area contributed by atoms with Gasteiger partial charge in [0.1, 0.15) is 0 Å². The number of aromatic nitrogens is 2. The molecule has 3 nitrogen and oxygen atoms in total. The van der Waals surface area contributed by atoms with Gasteiger partial charge in [0.2, 0.25) is 5.82 Å². The van der Waals surface area contributed by atoms with Crippen molar-refractivity contribution in [2.75, 3.05) is 0 Å². The van der Waals surface area contributed by atoms with Gasteiger partial charge < -0.3 is 4.52 Å². The van der Waals surface area contributed by atoms with Gasteiger partial charge in [-0.2, -0.15) is 16.3 Å². The summed E-state index contributed by atoms with van der Waals surface area (Å²) in [6.07, 6.45) is 2.29. The van der Waals surface area contributed by atoms with Crippen molar-refractivity contribution < 1.29 is 4.52 Å². The van der Waals surface area contributed by atoms with E-state index in [4.69, 9.17) is 0 Å². The molecule has 1 radical (unpaired) electrons. The second-order valence-electron chi connectivity index (χ2n) is 1.72. The highest BCUT2D eigenvalue weighted by molar-refractivity contribution is 7.08. The number of nitrogens with zero attached hydrogens (tertiary/aromatic N) is 2. The van der Waals surface area contributed by atoms with Crippen molar-refractivity contribution in [2.45, 2.75) is 0 Å². The van der Waals surface area contributed by atoms with Gasteiger partial charge in [0.15, 0.2) is 0 Å². The van der Waals surface area contributed by atoms with Crippen LogP contribution >= 0.6 is 11.3 Å². The van der Waals surface area contributed by atoms with Gasteiger partial charge in [0.25, 0.3) is 0 Å². The van der Waals surface area contributed by atoms with E-state index in [2.05, 4.69) is 21.1 Å². The summed E-state index contributed by atoms with van der Waals surface area (Å²) in [6, 6.07) is 1.93. The van der Waals surface area contributed by atoms with Gasteiger partial charge in [-0.3, -0.25) is 0 Å². The molecule has 10 heavy (non-hydrogen) atoms. The lowest BCUT2D eigenvalue weighted by atomic mass is 10.3. The minimum atomic E-state index is 0.598. The average Bonchev–Trinajstić information content (AvgIpc) is 2.59. The van der Waals surface area contributed by atoms with Crippen LogP contribution in [0.25, 0.3) is 11.4 Å². The topological polar surface area (TPSA) is 38.9 Å². The highest BCUT2D eigenvalue weighted by Crippen LogP contribution is 2.16. The number of hydrogen-bond acceptors (Lipinski definition) is 4. The molecular formula is C6H3N2OS. The van der Waals surface area contributed by atoms with Gasteiger partial charge in [-0.1, -0.05) is 5.16 Å². The summed E-state index contributed by atoms with van der Waals surface area (Å²) < 4.78 is 4.46. The third-order valence-corrected chi connectivity index (χ3v) is 1.79. The van der Waals surface area contributed by atoms with E-state index in [1.807, 2.05) is 16.8 Å². The first-order valence-corrected chi connectivity index (χ1v) is 3.63. The van der Waals surface area contributed by atoms with Crippen molar-refractivity contribution in [3.63, 3.8) is 0 Å². The van der Waals surface area contributed by atoms with Gasteiger partial charge in [-0.05, 0) is 11.4 Å². The summed E-state index contributed by atoms with van der Waals surface area (Å²) in [7, 11) is 0. The van der Waals surface area contributed by atoms with Crippen LogP contribution in [0.15, 0.2) is 21.3 Å². The Morgan fingerprint density at radius 3 is 3.20 bits per heavy atom. The zero-order valence-corrected chi connectivity index (χ0v) is 5.76. The fraction of sp³-hybridized carbons (Fsp3) is 0. The molecule has 49 valence electrons. The molecule has 2 heterocycles. The lowest BCUT2D eigenvalue weighted by Gasteiger charge is -1.80. The van der Waals surface area contributed by atoms with Crippen molar-refractivity contribution in [1.29, 1.82) is 0 Å². The molecule has 0 aliphatic rings. The molecule has 0 fully saturated rings. The molecule has 0 aliphatic carbocycles. The van der Waals surface area contributed by atoms with Gasteiger partial charge in [0, 0.05) is 10.9 Å². The second kappa shape index (κ2) is 2.22. The first-order valence-electron chi connectivity index (χ1n) is 2.69. The molecule has 0 atom stereocenters. The molecule has 2 aromatic rings. The standard InChI is InChI=1S/C6H3N2OS/c1-2-10-3-5(1)6-7-4-9-8-6/h1-3H. The number of rotatable bonds is 1. The van der Waals surface area contributed by atoms with Crippen LogP contribution in [0.1, 0.15) is 0 Å². The van der Waals surface area contributed by atoms with E-state index in [1.54, 1.807) is 11.3 Å². The molecule has 0 bridgehead atoms. The number of thiophene rings is 1. The molecular weight excluding hydrogens is 148 g/mol. The second-order valence-corrected chi connectivity index (χ2v) is 2.50.